The van der Waals surface area contributed by atoms with Gasteiger partial charge in [-0.1, -0.05) is 24.3 Å². The van der Waals surface area contributed by atoms with Crippen LogP contribution in [0.4, 0.5) is 4.79 Å². The topological polar surface area (TPSA) is 108 Å². The number of benzene rings is 1. The smallest absolute Gasteiger partial charge is 0.453 e. The standard InChI is InChI=1S/C31H44BN3O7/c1-30(2)31(3,4)42-32(41-30)24-9-7-21(8-10-24)23-16-25(33-17-23)26-15-20(19-38-5)18-35(26)28(36)27(34-29(37)39-6)22-11-13-40-14-12-22/h7-10,17,20,22,26-27H,11-16,18-19H2,1-6H3,(H,34,37)/t20-,26-,27-/m0/s1. The van der Waals surface area contributed by atoms with E-state index >= 15 is 0 Å². The molecule has 1 aromatic rings. The molecule has 42 heavy (non-hydrogen) atoms. The highest BCUT2D eigenvalue weighted by molar-refractivity contribution is 6.62. The number of allylic oxidation sites excluding steroid dienone is 1. The number of ether oxygens (including phenoxy) is 3. The lowest BCUT2D eigenvalue weighted by molar-refractivity contribution is -0.135. The number of carbonyl (C=O) groups is 2. The number of nitrogens with one attached hydrogen (secondary N) is 1. The molecule has 11 heteroatoms. The third-order valence-electron chi connectivity index (χ3n) is 9.48. The van der Waals surface area contributed by atoms with Crippen molar-refractivity contribution in [1.29, 1.82) is 0 Å². The number of amides is 2. The fourth-order valence-corrected chi connectivity index (χ4v) is 6.29. The molecule has 3 fully saturated rings. The van der Waals surface area contributed by atoms with Crippen molar-refractivity contribution in [2.24, 2.45) is 16.8 Å². The molecule has 3 atom stereocenters. The average Bonchev–Trinajstić information content (AvgIpc) is 3.68. The predicted molar refractivity (Wildman–Crippen MR) is 161 cm³/mol. The molecular formula is C31H44BN3O7. The number of aliphatic imine (C=N–C) groups is 1. The first-order chi connectivity index (χ1) is 20.0. The van der Waals surface area contributed by atoms with E-state index in [2.05, 4.69) is 45.1 Å². The fourth-order valence-electron chi connectivity index (χ4n) is 6.29. The molecule has 3 saturated heterocycles. The number of hydrogen-bond acceptors (Lipinski definition) is 8. The summed E-state index contributed by atoms with van der Waals surface area (Å²) < 4.78 is 28.3. The van der Waals surface area contributed by atoms with Crippen molar-refractivity contribution in [1.82, 2.24) is 10.2 Å². The number of nitrogens with zero attached hydrogens (tertiary/aromatic N) is 2. The number of hydrogen-bond donors (Lipinski definition) is 1. The third-order valence-corrected chi connectivity index (χ3v) is 9.48. The molecule has 0 saturated carbocycles. The normalized spacial score (nSPS) is 26.1. The average molecular weight is 582 g/mol. The summed E-state index contributed by atoms with van der Waals surface area (Å²) in [6, 6.07) is 7.41. The second-order valence-electron chi connectivity index (χ2n) is 12.8. The summed E-state index contributed by atoms with van der Waals surface area (Å²) in [6.07, 6.45) is 4.13. The summed E-state index contributed by atoms with van der Waals surface area (Å²) >= 11 is 0. The molecule has 4 aliphatic rings. The van der Waals surface area contributed by atoms with E-state index in [1.807, 2.05) is 23.2 Å². The SMILES string of the molecule is COC[C@H]1C[C@@H](C2=NC=C(c3ccc(B4OC(C)(C)C(C)(C)O4)cc3)C2)N(C(=O)[C@@H](NC(=O)OC)C2CCOCC2)C1. The summed E-state index contributed by atoms with van der Waals surface area (Å²) in [5.74, 6) is 0.0661. The molecule has 228 valence electrons. The highest BCUT2D eigenvalue weighted by Crippen LogP contribution is 2.37. The van der Waals surface area contributed by atoms with E-state index in [0.717, 1.165) is 28.7 Å². The van der Waals surface area contributed by atoms with Crippen molar-refractivity contribution in [3.8, 4) is 0 Å². The zero-order valence-electron chi connectivity index (χ0n) is 25.7. The van der Waals surface area contributed by atoms with Crippen LogP contribution in [0.15, 0.2) is 35.5 Å². The van der Waals surface area contributed by atoms with Gasteiger partial charge in [0, 0.05) is 51.1 Å². The minimum absolute atomic E-state index is 0.0193. The Labute approximate surface area is 249 Å². The molecule has 4 heterocycles. The van der Waals surface area contributed by atoms with Crippen LogP contribution in [-0.2, 0) is 28.3 Å². The quantitative estimate of drug-likeness (QED) is 0.470. The van der Waals surface area contributed by atoms with E-state index in [1.54, 1.807) is 7.11 Å². The first-order valence-electron chi connectivity index (χ1n) is 15.0. The van der Waals surface area contributed by atoms with E-state index < -0.39 is 30.5 Å². The molecule has 0 aliphatic carbocycles. The largest absolute Gasteiger partial charge is 0.494 e. The monoisotopic (exact) mass is 581 g/mol. The second-order valence-corrected chi connectivity index (χ2v) is 12.8. The van der Waals surface area contributed by atoms with Gasteiger partial charge in [-0.15, -0.1) is 0 Å². The molecule has 1 N–H and O–H groups in total. The number of rotatable bonds is 8. The van der Waals surface area contributed by atoms with Crippen molar-refractivity contribution in [3.05, 3.63) is 36.0 Å². The van der Waals surface area contributed by atoms with E-state index in [4.69, 9.17) is 28.5 Å². The summed E-state index contributed by atoms with van der Waals surface area (Å²) in [5.41, 5.74) is 3.32. The lowest BCUT2D eigenvalue weighted by Crippen LogP contribution is -2.55. The maximum absolute atomic E-state index is 14.1. The van der Waals surface area contributed by atoms with E-state index in [1.165, 1.54) is 7.11 Å². The lowest BCUT2D eigenvalue weighted by atomic mass is 9.78. The number of likely N-dealkylation sites (tertiary alicyclic amines) is 1. The molecule has 5 rings (SSSR count). The number of alkyl carbamates (subject to hydrolysis) is 1. The van der Waals surface area contributed by atoms with Gasteiger partial charge in [0.2, 0.25) is 5.91 Å². The lowest BCUT2D eigenvalue weighted by Gasteiger charge is -2.34. The summed E-state index contributed by atoms with van der Waals surface area (Å²) in [5, 5.41) is 2.83. The molecule has 0 spiro atoms. The van der Waals surface area contributed by atoms with Gasteiger partial charge < -0.3 is 33.7 Å². The predicted octanol–water partition coefficient (Wildman–Crippen LogP) is 3.19. The molecule has 0 unspecified atom stereocenters. The highest BCUT2D eigenvalue weighted by atomic mass is 16.7. The van der Waals surface area contributed by atoms with Crippen LogP contribution in [0.1, 0.15) is 58.9 Å². The van der Waals surface area contributed by atoms with Crippen molar-refractivity contribution in [2.45, 2.75) is 76.7 Å². The van der Waals surface area contributed by atoms with Gasteiger partial charge in [-0.2, -0.15) is 0 Å². The van der Waals surface area contributed by atoms with Gasteiger partial charge in [-0.25, -0.2) is 4.79 Å². The van der Waals surface area contributed by atoms with Crippen LogP contribution in [0.5, 0.6) is 0 Å². The van der Waals surface area contributed by atoms with Gasteiger partial charge in [0.05, 0.1) is 31.0 Å². The van der Waals surface area contributed by atoms with Crippen LogP contribution in [0.2, 0.25) is 0 Å². The maximum Gasteiger partial charge on any atom is 0.494 e. The molecule has 1 aromatic carbocycles. The van der Waals surface area contributed by atoms with Crippen LogP contribution in [0, 0.1) is 11.8 Å². The van der Waals surface area contributed by atoms with Gasteiger partial charge in [-0.05, 0) is 69.5 Å². The summed E-state index contributed by atoms with van der Waals surface area (Å²) in [7, 11) is 2.59. The van der Waals surface area contributed by atoms with Crippen molar-refractivity contribution >= 4 is 35.9 Å². The molecule has 10 nitrogen and oxygen atoms in total. The fraction of sp³-hybridized carbons (Fsp3) is 0.645. The first-order valence-corrected chi connectivity index (χ1v) is 15.0. The summed E-state index contributed by atoms with van der Waals surface area (Å²) in [4.78, 5) is 33.1. The third kappa shape index (κ3) is 6.29. The molecular weight excluding hydrogens is 537 g/mol. The second kappa shape index (κ2) is 12.5. The molecule has 0 aromatic heterocycles. The molecule has 2 amide bonds. The Kier molecular flexibility index (Phi) is 9.13. The van der Waals surface area contributed by atoms with Crippen LogP contribution >= 0.6 is 0 Å². The maximum atomic E-state index is 14.1. The van der Waals surface area contributed by atoms with Gasteiger partial charge in [0.15, 0.2) is 0 Å². The zero-order chi connectivity index (χ0) is 30.1. The Morgan fingerprint density at radius 1 is 1.10 bits per heavy atom. The molecule has 4 aliphatic heterocycles. The van der Waals surface area contributed by atoms with Gasteiger partial charge >= 0.3 is 13.2 Å². The van der Waals surface area contributed by atoms with Crippen LogP contribution < -0.4 is 10.8 Å². The van der Waals surface area contributed by atoms with Gasteiger partial charge in [-0.3, -0.25) is 9.79 Å². The Morgan fingerprint density at radius 2 is 1.76 bits per heavy atom. The van der Waals surface area contributed by atoms with Crippen LogP contribution in [-0.4, -0.2) is 93.6 Å². The molecule has 0 bridgehead atoms. The van der Waals surface area contributed by atoms with Crippen molar-refractivity contribution in [2.75, 3.05) is 40.6 Å². The van der Waals surface area contributed by atoms with E-state index in [9.17, 15) is 9.59 Å². The van der Waals surface area contributed by atoms with Crippen LogP contribution in [0.25, 0.3) is 5.57 Å². The van der Waals surface area contributed by atoms with Crippen LogP contribution in [0.3, 0.4) is 0 Å². The van der Waals surface area contributed by atoms with Gasteiger partial charge in [0.25, 0.3) is 0 Å². The summed E-state index contributed by atoms with van der Waals surface area (Å²) in [6.45, 7) is 10.5. The first kappa shape index (κ1) is 30.7. The molecule has 0 radical (unpaired) electrons. The Balaban J connectivity index is 1.29. The van der Waals surface area contributed by atoms with Crippen molar-refractivity contribution < 1.29 is 33.1 Å². The highest BCUT2D eigenvalue weighted by Gasteiger charge is 2.51. The minimum atomic E-state index is -0.679. The Hall–Kier alpha value is -2.73. The number of methoxy groups -OCH3 is 2. The van der Waals surface area contributed by atoms with E-state index in [-0.39, 0.29) is 23.8 Å². The van der Waals surface area contributed by atoms with Crippen molar-refractivity contribution in [3.63, 3.8) is 0 Å². The Bertz CT molecular complexity index is 1190. The number of carbonyl (C=O) groups excluding carboxylic acids is 2. The van der Waals surface area contributed by atoms with E-state index in [0.29, 0.717) is 45.6 Å². The Morgan fingerprint density at radius 3 is 2.38 bits per heavy atom. The van der Waals surface area contributed by atoms with Gasteiger partial charge in [0.1, 0.15) is 6.04 Å². The zero-order valence-corrected chi connectivity index (χ0v) is 25.7. The minimum Gasteiger partial charge on any atom is -0.453 e.